The molecule has 5 nitrogen and oxygen atoms in total. The first-order valence-corrected chi connectivity index (χ1v) is 36.9. The highest BCUT2D eigenvalue weighted by atomic mass is 32.2. The number of anilines is 6. The van der Waals surface area contributed by atoms with E-state index in [1.165, 1.54) is 59.4 Å². The van der Waals surface area contributed by atoms with Crippen LogP contribution in [0.5, 0.6) is 0 Å². The summed E-state index contributed by atoms with van der Waals surface area (Å²) in [7, 11) is 0. The third kappa shape index (κ3) is 9.71. The van der Waals surface area contributed by atoms with Gasteiger partial charge in [-0.2, -0.15) is 0 Å². The van der Waals surface area contributed by atoms with E-state index in [-0.39, 0.29) is 10.7 Å². The van der Waals surface area contributed by atoms with Gasteiger partial charge in [0, 0.05) is 81.8 Å². The monoisotopic (exact) mass is 1360 g/mol. The normalized spacial score (nSPS) is 14.7. The number of hydrogen-bond acceptors (Lipinski definition) is 5. The van der Waals surface area contributed by atoms with Crippen LogP contribution < -0.4 is 9.80 Å². The molecule has 1 aliphatic carbocycles. The van der Waals surface area contributed by atoms with Gasteiger partial charge in [-0.3, -0.25) is 0 Å². The van der Waals surface area contributed by atoms with Gasteiger partial charge < -0.3 is 23.2 Å². The third-order valence-corrected chi connectivity index (χ3v) is 23.7. The first-order valence-electron chi connectivity index (χ1n) is 36.1. The summed E-state index contributed by atoms with van der Waals surface area (Å²) in [6.07, 6.45) is 9.18. The minimum atomic E-state index is -0.129. The van der Waals surface area contributed by atoms with E-state index in [0.29, 0.717) is 0 Å². The first kappa shape index (κ1) is 60.6. The molecular formula is C99H65N3O2S. The van der Waals surface area contributed by atoms with E-state index >= 15 is 0 Å². The number of fused-ring (bicyclic) bond motifs is 14. The van der Waals surface area contributed by atoms with Crippen molar-refractivity contribution in [2.24, 2.45) is 0 Å². The zero-order valence-electron chi connectivity index (χ0n) is 57.4. The minimum Gasteiger partial charge on any atom is -0.456 e. The van der Waals surface area contributed by atoms with Crippen LogP contribution in [0.3, 0.4) is 0 Å². The number of thioether (sulfide) groups is 1. The van der Waals surface area contributed by atoms with Gasteiger partial charge in [-0.25, -0.2) is 0 Å². The average Bonchev–Trinajstić information content (AvgIpc) is 1.63. The molecular weight excluding hydrogens is 1300 g/mol. The highest BCUT2D eigenvalue weighted by molar-refractivity contribution is 8.00. The molecule has 0 radical (unpaired) electrons. The summed E-state index contributed by atoms with van der Waals surface area (Å²) in [6, 6.07) is 126. The van der Waals surface area contributed by atoms with E-state index < -0.39 is 0 Å². The van der Waals surface area contributed by atoms with Crippen molar-refractivity contribution < 1.29 is 8.83 Å². The van der Waals surface area contributed by atoms with Crippen molar-refractivity contribution in [2.45, 2.75) is 22.5 Å². The Labute approximate surface area is 611 Å². The molecule has 1 aliphatic heterocycles. The van der Waals surface area contributed by atoms with Crippen LogP contribution in [0.1, 0.15) is 12.5 Å². The van der Waals surface area contributed by atoms with Gasteiger partial charge in [-0.05, 0) is 175 Å². The van der Waals surface area contributed by atoms with E-state index in [2.05, 4.69) is 385 Å². The van der Waals surface area contributed by atoms with Crippen molar-refractivity contribution in [3.8, 4) is 61.3 Å². The van der Waals surface area contributed by atoms with Crippen LogP contribution in [0.15, 0.2) is 384 Å². The molecule has 494 valence electrons. The Morgan fingerprint density at radius 3 is 1.53 bits per heavy atom. The summed E-state index contributed by atoms with van der Waals surface area (Å²) >= 11 is 1.97. The zero-order valence-corrected chi connectivity index (χ0v) is 58.2. The van der Waals surface area contributed by atoms with Crippen LogP contribution in [-0.2, 0) is 5.41 Å². The van der Waals surface area contributed by atoms with Crippen molar-refractivity contribution in [1.82, 2.24) is 4.57 Å². The molecule has 0 saturated carbocycles. The topological polar surface area (TPSA) is 37.7 Å². The maximum atomic E-state index is 7.04. The van der Waals surface area contributed by atoms with E-state index in [1.54, 1.807) is 0 Å². The Kier molecular flexibility index (Phi) is 14.0. The number of aromatic nitrogens is 1. The molecule has 0 saturated heterocycles. The molecule has 21 rings (SSSR count). The molecule has 6 heteroatoms. The van der Waals surface area contributed by atoms with Gasteiger partial charge in [0.1, 0.15) is 22.3 Å². The Balaban J connectivity index is 0.663. The van der Waals surface area contributed by atoms with Gasteiger partial charge in [-0.1, -0.05) is 274 Å². The highest BCUT2D eigenvalue weighted by Gasteiger charge is 2.44. The third-order valence-electron chi connectivity index (χ3n) is 22.1. The molecule has 16 aromatic carbocycles. The molecule has 105 heavy (non-hydrogen) atoms. The number of hydrogen-bond donors (Lipinski definition) is 0. The van der Waals surface area contributed by atoms with Crippen LogP contribution in [0, 0.1) is 0 Å². The maximum Gasteiger partial charge on any atom is 0.136 e. The standard InChI is InChI=1S/C99H65N3O2S/c1-99-60-16-15-47-95(99)105-98-85(99)39-22-43-89(98)101(69-55-50-64(51-56-69)72-32-17-24-63-23-5-6-27-71(63)72)88-42-13-9-30-79(88)82-38-21-46-93-97(82)84-58-52-66(61-94(84)104-93)74-34-19-35-75-73(33-18-36-76(74)75)65-48-53-68(54-49-65)100(70-57-59-80-77-28-7-12-41-87(77)102(90(80)62-70)67-25-3-2-4-26-67)86-40-11-8-29-78(86)81-37-20-45-92-96(81)83-31-10-14-44-91(83)103-92/h2-62,95H,1H3. The Bertz CT molecular complexity index is 6790. The molecule has 0 N–H and O–H groups in total. The molecule has 19 aromatic rings. The van der Waals surface area contributed by atoms with Gasteiger partial charge in [-0.15, -0.1) is 11.8 Å². The summed E-state index contributed by atoms with van der Waals surface area (Å²) in [5, 5.41) is 11.9. The number of rotatable bonds is 12. The van der Waals surface area contributed by atoms with Crippen molar-refractivity contribution in [3.63, 3.8) is 0 Å². The van der Waals surface area contributed by atoms with Crippen LogP contribution in [0.2, 0.25) is 0 Å². The predicted octanol–water partition coefficient (Wildman–Crippen LogP) is 28.0. The molecule has 2 unspecified atom stereocenters. The van der Waals surface area contributed by atoms with Crippen molar-refractivity contribution in [1.29, 1.82) is 0 Å². The van der Waals surface area contributed by atoms with Gasteiger partial charge in [0.2, 0.25) is 0 Å². The molecule has 0 fully saturated rings. The number of benzene rings is 16. The first-order chi connectivity index (χ1) is 52.0. The summed E-state index contributed by atoms with van der Waals surface area (Å²) < 4.78 is 16.0. The van der Waals surface area contributed by atoms with Gasteiger partial charge in [0.25, 0.3) is 0 Å². The largest absolute Gasteiger partial charge is 0.456 e. The highest BCUT2D eigenvalue weighted by Crippen LogP contribution is 2.58. The van der Waals surface area contributed by atoms with Crippen molar-refractivity contribution >= 4 is 133 Å². The fourth-order valence-corrected chi connectivity index (χ4v) is 18.7. The van der Waals surface area contributed by atoms with Gasteiger partial charge >= 0.3 is 0 Å². The van der Waals surface area contributed by atoms with Crippen molar-refractivity contribution in [2.75, 3.05) is 9.80 Å². The van der Waals surface area contributed by atoms with Crippen molar-refractivity contribution in [3.05, 3.63) is 376 Å². The van der Waals surface area contributed by atoms with Gasteiger partial charge in [0.15, 0.2) is 0 Å². The second-order valence-corrected chi connectivity index (χ2v) is 29.1. The lowest BCUT2D eigenvalue weighted by Crippen LogP contribution is -2.28. The number of para-hydroxylation sites is 5. The maximum absolute atomic E-state index is 7.04. The fraction of sp³-hybridized carbons (Fsp3) is 0.0303. The van der Waals surface area contributed by atoms with Crippen LogP contribution in [-0.4, -0.2) is 9.82 Å². The smallest absolute Gasteiger partial charge is 0.136 e. The minimum absolute atomic E-state index is 0.129. The van der Waals surface area contributed by atoms with Crippen LogP contribution >= 0.6 is 11.8 Å². The Morgan fingerprint density at radius 2 is 0.800 bits per heavy atom. The quantitative estimate of drug-likeness (QED) is 0.122. The molecule has 0 amide bonds. The van der Waals surface area contributed by atoms with Crippen LogP contribution in [0.25, 0.3) is 149 Å². The van der Waals surface area contributed by atoms with E-state index in [0.717, 1.165) is 134 Å². The molecule has 0 bridgehead atoms. The van der Waals surface area contributed by atoms with E-state index in [1.807, 2.05) is 17.8 Å². The Hall–Kier alpha value is -13.1. The van der Waals surface area contributed by atoms with Crippen LogP contribution in [0.4, 0.5) is 34.1 Å². The SMILES string of the molecule is CC12C=CC=CC1Sc1c(N(c3ccc(-c4cccc5ccccc45)cc3)c3ccccc3-c3cccc4oc5cc(-c6cccc7c(-c8ccc(N(c9ccc%10c%11ccccc%11n(-c%11ccccc%11)c%10c9)c9ccccc9-c9cccc%10oc%11ccccc%11c9%10)cc8)cccc67)ccc5c34)cccc12. The lowest BCUT2D eigenvalue weighted by Gasteiger charge is -2.30. The molecule has 2 aliphatic rings. The van der Waals surface area contributed by atoms with Gasteiger partial charge in [0.05, 0.1) is 28.1 Å². The fourth-order valence-electron chi connectivity index (χ4n) is 17.2. The summed E-state index contributed by atoms with van der Waals surface area (Å²) in [4.78, 5) is 6.23. The summed E-state index contributed by atoms with van der Waals surface area (Å²) in [5.41, 5.74) is 25.9. The number of nitrogens with zero attached hydrogens (tertiary/aromatic N) is 3. The average molecular weight is 1360 g/mol. The predicted molar refractivity (Wildman–Crippen MR) is 442 cm³/mol. The Morgan fingerprint density at radius 1 is 0.324 bits per heavy atom. The lowest BCUT2D eigenvalue weighted by molar-refractivity contribution is 0.620. The number of allylic oxidation sites excluding steroid dienone is 3. The molecule has 4 heterocycles. The second kappa shape index (κ2) is 24.3. The summed E-state index contributed by atoms with van der Waals surface area (Å²) in [6.45, 7) is 2.39. The lowest BCUT2D eigenvalue weighted by atomic mass is 9.77. The number of furan rings is 2. The molecule has 3 aromatic heterocycles. The zero-order chi connectivity index (χ0) is 69.3. The second-order valence-electron chi connectivity index (χ2n) is 27.9. The van der Waals surface area contributed by atoms with E-state index in [4.69, 9.17) is 8.83 Å². The van der Waals surface area contributed by atoms with E-state index in [9.17, 15) is 0 Å². The molecule has 2 atom stereocenters. The summed E-state index contributed by atoms with van der Waals surface area (Å²) in [5.74, 6) is 0. The molecule has 0 spiro atoms.